The molecule has 1 aliphatic carbocycles. The number of benzene rings is 1. The highest BCUT2D eigenvalue weighted by molar-refractivity contribution is 5.34. The fourth-order valence-corrected chi connectivity index (χ4v) is 3.22. The molecule has 0 amide bonds. The molecule has 2 nitrogen and oxygen atoms in total. The second kappa shape index (κ2) is 5.71. The molecule has 104 valence electrons. The van der Waals surface area contributed by atoms with Crippen LogP contribution in [0.4, 0.5) is 4.39 Å². The van der Waals surface area contributed by atoms with Gasteiger partial charge in [-0.25, -0.2) is 4.39 Å². The van der Waals surface area contributed by atoms with Gasteiger partial charge in [0.25, 0.3) is 0 Å². The van der Waals surface area contributed by atoms with Gasteiger partial charge >= 0.3 is 0 Å². The van der Waals surface area contributed by atoms with Gasteiger partial charge in [-0.15, -0.1) is 0 Å². The molecule has 0 radical (unpaired) electrons. The predicted octanol–water partition coefficient (Wildman–Crippen LogP) is 3.29. The largest absolute Gasteiger partial charge is 0.310 e. The smallest absolute Gasteiger partial charge is 0.146 e. The first-order chi connectivity index (χ1) is 9.79. The Morgan fingerprint density at radius 2 is 1.95 bits per heavy atom. The van der Waals surface area contributed by atoms with Gasteiger partial charge in [-0.05, 0) is 42.5 Å². The molecule has 0 spiro atoms. The van der Waals surface area contributed by atoms with E-state index in [0.29, 0.717) is 5.92 Å². The third kappa shape index (κ3) is 2.46. The van der Waals surface area contributed by atoms with Crippen LogP contribution >= 0.6 is 0 Å². The van der Waals surface area contributed by atoms with Crippen LogP contribution in [0, 0.1) is 11.7 Å². The van der Waals surface area contributed by atoms with Gasteiger partial charge in [0.1, 0.15) is 5.82 Å². The normalized spacial score (nSPS) is 16.1. The second-order valence-corrected chi connectivity index (χ2v) is 5.37. The van der Waals surface area contributed by atoms with E-state index in [0.717, 1.165) is 24.9 Å². The van der Waals surface area contributed by atoms with Crippen molar-refractivity contribution in [1.82, 2.24) is 10.3 Å². The Bertz CT molecular complexity index is 572. The van der Waals surface area contributed by atoms with Crippen LogP contribution in [0.1, 0.15) is 29.7 Å². The van der Waals surface area contributed by atoms with Gasteiger partial charge in [0.15, 0.2) is 0 Å². The van der Waals surface area contributed by atoms with Crippen molar-refractivity contribution in [1.29, 1.82) is 0 Å². The molecule has 1 unspecified atom stereocenters. The molecule has 3 heteroatoms. The van der Waals surface area contributed by atoms with Crippen molar-refractivity contribution < 1.29 is 4.39 Å². The van der Waals surface area contributed by atoms with Crippen LogP contribution in [0.2, 0.25) is 0 Å². The summed E-state index contributed by atoms with van der Waals surface area (Å²) in [6.45, 7) is 2.90. The van der Waals surface area contributed by atoms with Crippen molar-refractivity contribution in [2.75, 3.05) is 6.54 Å². The summed E-state index contributed by atoms with van der Waals surface area (Å²) < 4.78 is 14.0. The summed E-state index contributed by atoms with van der Waals surface area (Å²) in [6, 6.07) is 10.4. The van der Waals surface area contributed by atoms with E-state index in [1.807, 2.05) is 0 Å². The van der Waals surface area contributed by atoms with Crippen LogP contribution in [-0.2, 0) is 12.8 Å². The number of hydrogen-bond acceptors (Lipinski definition) is 2. The molecular weight excluding hydrogens is 251 g/mol. The van der Waals surface area contributed by atoms with Crippen molar-refractivity contribution in [3.63, 3.8) is 0 Å². The molecule has 1 atom stereocenters. The average molecular weight is 270 g/mol. The van der Waals surface area contributed by atoms with Crippen LogP contribution in [0.3, 0.4) is 0 Å². The molecule has 2 aromatic rings. The standard InChI is InChI=1S/C17H19FN2/c1-2-20-17(15-7-8-19-11-16(15)18)14-9-12-5-3-4-6-13(12)10-14/h3-8,11,14,17,20H,2,9-10H2,1H3. The fraction of sp³-hybridized carbons (Fsp3) is 0.353. The summed E-state index contributed by atoms with van der Waals surface area (Å²) in [5.41, 5.74) is 3.53. The zero-order valence-corrected chi connectivity index (χ0v) is 11.6. The minimum Gasteiger partial charge on any atom is -0.310 e. The van der Waals surface area contributed by atoms with Crippen molar-refractivity contribution in [3.8, 4) is 0 Å². The molecule has 20 heavy (non-hydrogen) atoms. The van der Waals surface area contributed by atoms with Crippen LogP contribution in [-0.4, -0.2) is 11.5 Å². The number of fused-ring (bicyclic) bond motifs is 1. The molecule has 0 fully saturated rings. The van der Waals surface area contributed by atoms with E-state index in [1.165, 1.54) is 17.3 Å². The Hall–Kier alpha value is -1.74. The zero-order valence-electron chi connectivity index (χ0n) is 11.6. The Labute approximate surface area is 119 Å². The minimum absolute atomic E-state index is 0.0513. The number of hydrogen-bond donors (Lipinski definition) is 1. The highest BCUT2D eigenvalue weighted by Gasteiger charge is 2.30. The molecule has 0 aliphatic heterocycles. The summed E-state index contributed by atoms with van der Waals surface area (Å²) in [5.74, 6) is 0.193. The Morgan fingerprint density at radius 1 is 1.25 bits per heavy atom. The fourth-order valence-electron chi connectivity index (χ4n) is 3.22. The third-order valence-electron chi connectivity index (χ3n) is 4.12. The van der Waals surface area contributed by atoms with Gasteiger partial charge in [-0.1, -0.05) is 31.2 Å². The van der Waals surface area contributed by atoms with Crippen molar-refractivity contribution in [2.24, 2.45) is 5.92 Å². The molecule has 1 heterocycles. The highest BCUT2D eigenvalue weighted by Crippen LogP contribution is 2.35. The van der Waals surface area contributed by atoms with E-state index in [1.54, 1.807) is 12.3 Å². The average Bonchev–Trinajstić information content (AvgIpc) is 2.89. The van der Waals surface area contributed by atoms with Crippen LogP contribution in [0.5, 0.6) is 0 Å². The lowest BCUT2D eigenvalue weighted by Crippen LogP contribution is -2.29. The van der Waals surface area contributed by atoms with E-state index >= 15 is 0 Å². The SMILES string of the molecule is CCNC(c1ccncc1F)C1Cc2ccccc2C1. The first-order valence-electron chi connectivity index (χ1n) is 7.19. The Morgan fingerprint density at radius 3 is 2.55 bits per heavy atom. The molecule has 1 aromatic carbocycles. The van der Waals surface area contributed by atoms with Gasteiger partial charge in [0.2, 0.25) is 0 Å². The molecule has 0 bridgehead atoms. The molecular formula is C17H19FN2. The van der Waals surface area contributed by atoms with E-state index < -0.39 is 0 Å². The lowest BCUT2D eigenvalue weighted by molar-refractivity contribution is 0.368. The summed E-state index contributed by atoms with van der Waals surface area (Å²) >= 11 is 0. The van der Waals surface area contributed by atoms with Gasteiger partial charge in [-0.2, -0.15) is 0 Å². The van der Waals surface area contributed by atoms with E-state index in [2.05, 4.69) is 41.5 Å². The van der Waals surface area contributed by atoms with Gasteiger partial charge < -0.3 is 5.32 Å². The number of aromatic nitrogens is 1. The molecule has 1 aliphatic rings. The van der Waals surface area contributed by atoms with Gasteiger partial charge in [0, 0.05) is 17.8 Å². The third-order valence-corrected chi connectivity index (χ3v) is 4.12. The maximum absolute atomic E-state index is 14.0. The number of pyridine rings is 1. The van der Waals surface area contributed by atoms with Crippen LogP contribution in [0.15, 0.2) is 42.7 Å². The highest BCUT2D eigenvalue weighted by atomic mass is 19.1. The topological polar surface area (TPSA) is 24.9 Å². The van der Waals surface area contributed by atoms with Crippen molar-refractivity contribution >= 4 is 0 Å². The number of nitrogens with one attached hydrogen (secondary N) is 1. The lowest BCUT2D eigenvalue weighted by atomic mass is 9.90. The van der Waals surface area contributed by atoms with Gasteiger partial charge in [0.05, 0.1) is 6.20 Å². The van der Waals surface area contributed by atoms with Gasteiger partial charge in [-0.3, -0.25) is 4.98 Å². The molecule has 0 saturated carbocycles. The Balaban J connectivity index is 1.88. The first-order valence-corrected chi connectivity index (χ1v) is 7.19. The quantitative estimate of drug-likeness (QED) is 0.922. The zero-order chi connectivity index (χ0) is 13.9. The number of halogens is 1. The van der Waals surface area contributed by atoms with Crippen LogP contribution in [0.25, 0.3) is 0 Å². The summed E-state index contributed by atoms with van der Waals surface area (Å²) in [4.78, 5) is 3.85. The molecule has 3 rings (SSSR count). The van der Waals surface area contributed by atoms with Crippen LogP contribution < -0.4 is 5.32 Å². The van der Waals surface area contributed by atoms with E-state index in [9.17, 15) is 4.39 Å². The first kappa shape index (κ1) is 13.3. The second-order valence-electron chi connectivity index (χ2n) is 5.37. The monoisotopic (exact) mass is 270 g/mol. The van der Waals surface area contributed by atoms with E-state index in [4.69, 9.17) is 0 Å². The summed E-state index contributed by atoms with van der Waals surface area (Å²) in [6.07, 6.45) is 5.00. The maximum atomic E-state index is 14.0. The number of nitrogens with zero attached hydrogens (tertiary/aromatic N) is 1. The Kier molecular flexibility index (Phi) is 3.79. The summed E-state index contributed by atoms with van der Waals surface area (Å²) in [5, 5.41) is 3.45. The summed E-state index contributed by atoms with van der Waals surface area (Å²) in [7, 11) is 0. The van der Waals surface area contributed by atoms with Crippen molar-refractivity contribution in [2.45, 2.75) is 25.8 Å². The molecule has 0 saturated heterocycles. The number of rotatable bonds is 4. The van der Waals surface area contributed by atoms with E-state index in [-0.39, 0.29) is 11.9 Å². The lowest BCUT2D eigenvalue weighted by Gasteiger charge is -2.25. The predicted molar refractivity (Wildman–Crippen MR) is 78.0 cm³/mol. The molecule has 1 N–H and O–H groups in total. The minimum atomic E-state index is -0.214. The molecule has 1 aromatic heterocycles. The maximum Gasteiger partial charge on any atom is 0.146 e. The van der Waals surface area contributed by atoms with Crippen molar-refractivity contribution in [3.05, 3.63) is 65.2 Å².